The van der Waals surface area contributed by atoms with Crippen molar-refractivity contribution in [3.63, 3.8) is 0 Å². The predicted octanol–water partition coefficient (Wildman–Crippen LogP) is -0.167. The van der Waals surface area contributed by atoms with Crippen LogP contribution in [-0.2, 0) is 14.4 Å². The van der Waals surface area contributed by atoms with Crippen LogP contribution in [0.15, 0.2) is 5.16 Å². The quantitative estimate of drug-likeness (QED) is 0.299. The second-order valence-electron chi connectivity index (χ2n) is 3.47. The zero-order chi connectivity index (χ0) is 11.4. The molecule has 0 aromatic carbocycles. The minimum atomic E-state index is -0.523. The Kier molecular flexibility index (Phi) is 3.65. The molecule has 6 nitrogen and oxygen atoms in total. The summed E-state index contributed by atoms with van der Waals surface area (Å²) in [4.78, 5) is 27.8. The summed E-state index contributed by atoms with van der Waals surface area (Å²) >= 11 is 0. The number of hydrogen-bond donors (Lipinski definition) is 1. The van der Waals surface area contributed by atoms with Crippen LogP contribution in [0.25, 0.3) is 0 Å². The lowest BCUT2D eigenvalue weighted by Gasteiger charge is -2.21. The van der Waals surface area contributed by atoms with Gasteiger partial charge < -0.3 is 15.5 Å². The lowest BCUT2D eigenvalue weighted by molar-refractivity contribution is -0.141. The Bertz CT molecular complexity index is 301. The van der Waals surface area contributed by atoms with Crippen molar-refractivity contribution in [1.82, 2.24) is 4.90 Å². The first-order chi connectivity index (χ1) is 7.02. The van der Waals surface area contributed by atoms with Gasteiger partial charge in [-0.15, -0.1) is 0 Å². The number of amidine groups is 1. The molecule has 0 unspecified atom stereocenters. The average molecular weight is 213 g/mol. The highest BCUT2D eigenvalue weighted by molar-refractivity contribution is 5.90. The zero-order valence-electron chi connectivity index (χ0n) is 8.90. The highest BCUT2D eigenvalue weighted by Crippen LogP contribution is 2.17. The van der Waals surface area contributed by atoms with Crippen LogP contribution < -0.4 is 5.73 Å². The van der Waals surface area contributed by atoms with Gasteiger partial charge in [-0.05, 0) is 12.8 Å². The molecule has 0 aromatic heterocycles. The maximum atomic E-state index is 11.2. The highest BCUT2D eigenvalue weighted by Gasteiger charge is 2.29. The van der Waals surface area contributed by atoms with Crippen LogP contribution in [-0.4, -0.2) is 35.2 Å². The Morgan fingerprint density at radius 1 is 1.47 bits per heavy atom. The van der Waals surface area contributed by atoms with Crippen molar-refractivity contribution in [2.45, 2.75) is 32.7 Å². The topological polar surface area (TPSA) is 85.0 Å². The minimum Gasteiger partial charge on any atom is -0.383 e. The third-order valence-electron chi connectivity index (χ3n) is 2.28. The molecule has 1 fully saturated rings. The van der Waals surface area contributed by atoms with Crippen molar-refractivity contribution < 1.29 is 14.4 Å². The van der Waals surface area contributed by atoms with E-state index in [4.69, 9.17) is 5.73 Å². The van der Waals surface area contributed by atoms with Crippen LogP contribution in [0.5, 0.6) is 0 Å². The van der Waals surface area contributed by atoms with E-state index in [2.05, 4.69) is 9.99 Å². The summed E-state index contributed by atoms with van der Waals surface area (Å²) in [5.41, 5.74) is 5.63. The average Bonchev–Trinajstić information content (AvgIpc) is 2.62. The van der Waals surface area contributed by atoms with E-state index in [1.54, 1.807) is 4.90 Å². The summed E-state index contributed by atoms with van der Waals surface area (Å²) < 4.78 is 0. The number of carbonyl (C=O) groups is 2. The molecule has 15 heavy (non-hydrogen) atoms. The van der Waals surface area contributed by atoms with Crippen molar-refractivity contribution in [3.8, 4) is 0 Å². The van der Waals surface area contributed by atoms with Crippen molar-refractivity contribution in [1.29, 1.82) is 0 Å². The molecule has 1 rings (SSSR count). The SMILES string of the molecule is CC(=O)ON=C(N)[C@@H]1CCCN1C(C)=O. The van der Waals surface area contributed by atoms with Gasteiger partial charge in [0.15, 0.2) is 5.84 Å². The molecule has 1 atom stereocenters. The van der Waals surface area contributed by atoms with Gasteiger partial charge in [0.2, 0.25) is 5.91 Å². The molecular weight excluding hydrogens is 198 g/mol. The number of rotatable bonds is 2. The predicted molar refractivity (Wildman–Crippen MR) is 53.8 cm³/mol. The Hall–Kier alpha value is -1.59. The lowest BCUT2D eigenvalue weighted by Crippen LogP contribution is -2.43. The molecule has 1 aliphatic rings. The molecule has 0 saturated carbocycles. The van der Waals surface area contributed by atoms with Crippen LogP contribution in [0.4, 0.5) is 0 Å². The standard InChI is InChI=1S/C9H15N3O3/c1-6(13)12-5-3-4-8(12)9(10)11-15-7(2)14/h8H,3-5H2,1-2H3,(H2,10,11)/t8-/m0/s1. The van der Waals surface area contributed by atoms with Gasteiger partial charge in [-0.3, -0.25) is 4.79 Å². The molecule has 1 amide bonds. The van der Waals surface area contributed by atoms with Gasteiger partial charge in [0.05, 0.1) is 6.04 Å². The van der Waals surface area contributed by atoms with Crippen LogP contribution in [0.1, 0.15) is 26.7 Å². The van der Waals surface area contributed by atoms with Gasteiger partial charge in [0.25, 0.3) is 0 Å². The monoisotopic (exact) mass is 213 g/mol. The number of nitrogens with zero attached hydrogens (tertiary/aromatic N) is 2. The third kappa shape index (κ3) is 2.93. The van der Waals surface area contributed by atoms with E-state index in [0.29, 0.717) is 6.54 Å². The third-order valence-corrected chi connectivity index (χ3v) is 2.28. The largest absolute Gasteiger partial charge is 0.383 e. The summed E-state index contributed by atoms with van der Waals surface area (Å²) in [5.74, 6) is -0.387. The second kappa shape index (κ2) is 4.77. The van der Waals surface area contributed by atoms with E-state index in [1.807, 2.05) is 0 Å². The molecular formula is C9H15N3O3. The molecule has 0 radical (unpaired) electrons. The number of amides is 1. The molecule has 2 N–H and O–H groups in total. The van der Waals surface area contributed by atoms with Crippen molar-refractivity contribution in [2.24, 2.45) is 10.9 Å². The van der Waals surface area contributed by atoms with Gasteiger partial charge in [0, 0.05) is 20.4 Å². The van der Waals surface area contributed by atoms with E-state index >= 15 is 0 Å². The van der Waals surface area contributed by atoms with Crippen LogP contribution in [0, 0.1) is 0 Å². The molecule has 1 heterocycles. The molecule has 1 aliphatic heterocycles. The van der Waals surface area contributed by atoms with Crippen LogP contribution in [0.3, 0.4) is 0 Å². The maximum absolute atomic E-state index is 11.2. The smallest absolute Gasteiger partial charge is 0.332 e. The first kappa shape index (κ1) is 11.5. The molecule has 0 aromatic rings. The number of hydrogen-bond acceptors (Lipinski definition) is 4. The molecule has 0 spiro atoms. The number of carbonyl (C=O) groups excluding carboxylic acids is 2. The summed E-state index contributed by atoms with van der Waals surface area (Å²) in [6.45, 7) is 3.40. The van der Waals surface area contributed by atoms with Gasteiger partial charge in [-0.2, -0.15) is 0 Å². The zero-order valence-corrected chi connectivity index (χ0v) is 8.90. The molecule has 6 heteroatoms. The second-order valence-corrected chi connectivity index (χ2v) is 3.47. The van der Waals surface area contributed by atoms with Crippen LogP contribution >= 0.6 is 0 Å². The summed E-state index contributed by atoms with van der Waals surface area (Å²) in [5, 5.41) is 3.49. The van der Waals surface area contributed by atoms with E-state index in [9.17, 15) is 9.59 Å². The fraction of sp³-hybridized carbons (Fsp3) is 0.667. The van der Waals surface area contributed by atoms with Crippen molar-refractivity contribution in [3.05, 3.63) is 0 Å². The van der Waals surface area contributed by atoms with Gasteiger partial charge >= 0.3 is 5.97 Å². The summed E-state index contributed by atoms with van der Waals surface area (Å²) in [7, 11) is 0. The Morgan fingerprint density at radius 3 is 2.67 bits per heavy atom. The first-order valence-electron chi connectivity index (χ1n) is 4.80. The fourth-order valence-electron chi connectivity index (χ4n) is 1.63. The number of oxime groups is 1. The maximum Gasteiger partial charge on any atom is 0.332 e. The number of likely N-dealkylation sites (tertiary alicyclic amines) is 1. The number of nitrogens with two attached hydrogens (primary N) is 1. The summed E-state index contributed by atoms with van der Waals surface area (Å²) in [6, 6.07) is -0.234. The summed E-state index contributed by atoms with van der Waals surface area (Å²) in [6.07, 6.45) is 1.65. The van der Waals surface area contributed by atoms with Gasteiger partial charge in [-0.1, -0.05) is 5.16 Å². The van der Waals surface area contributed by atoms with E-state index < -0.39 is 5.97 Å². The Balaban J connectivity index is 2.65. The Labute approximate surface area is 88.0 Å². The normalized spacial score (nSPS) is 21.6. The van der Waals surface area contributed by atoms with Crippen molar-refractivity contribution in [2.75, 3.05) is 6.54 Å². The Morgan fingerprint density at radius 2 is 2.13 bits per heavy atom. The molecule has 0 bridgehead atoms. The van der Waals surface area contributed by atoms with E-state index in [0.717, 1.165) is 12.8 Å². The fourth-order valence-corrected chi connectivity index (χ4v) is 1.63. The van der Waals surface area contributed by atoms with Gasteiger partial charge in [-0.25, -0.2) is 4.79 Å². The molecule has 84 valence electrons. The lowest BCUT2D eigenvalue weighted by atomic mass is 10.2. The first-order valence-corrected chi connectivity index (χ1v) is 4.80. The van der Waals surface area contributed by atoms with E-state index in [1.165, 1.54) is 13.8 Å². The minimum absolute atomic E-state index is 0.0431. The van der Waals surface area contributed by atoms with Gasteiger partial charge in [0.1, 0.15) is 0 Å². The van der Waals surface area contributed by atoms with Crippen molar-refractivity contribution >= 4 is 17.7 Å². The molecule has 1 saturated heterocycles. The van der Waals surface area contributed by atoms with Crippen LogP contribution in [0.2, 0.25) is 0 Å². The highest BCUT2D eigenvalue weighted by atomic mass is 16.7. The molecule has 0 aliphatic carbocycles. The van der Waals surface area contributed by atoms with E-state index in [-0.39, 0.29) is 17.8 Å².